The van der Waals surface area contributed by atoms with Crippen LogP contribution in [0.15, 0.2) is 47.4 Å². The molecule has 1 heterocycles. The number of anilines is 1. The predicted molar refractivity (Wildman–Crippen MR) is 109 cm³/mol. The van der Waals surface area contributed by atoms with E-state index < -0.39 is 15.9 Å². The average molecular weight is 403 g/mol. The molecule has 2 N–H and O–H groups in total. The van der Waals surface area contributed by atoms with Crippen molar-refractivity contribution in [1.29, 1.82) is 0 Å². The molecule has 7 heteroatoms. The predicted octanol–water partition coefficient (Wildman–Crippen LogP) is 3.62. The number of nitrogens with zero attached hydrogens (tertiary/aromatic N) is 1. The van der Waals surface area contributed by atoms with Gasteiger partial charge in [0.05, 0.1) is 10.6 Å². The Morgan fingerprint density at radius 1 is 1.07 bits per heavy atom. The first kappa shape index (κ1) is 20.4. The number of aromatic hydroxyl groups is 1. The van der Waals surface area contributed by atoms with Crippen molar-refractivity contribution in [3.8, 4) is 5.75 Å². The minimum absolute atomic E-state index is 0.0131. The number of hydrogen-bond acceptors (Lipinski definition) is 4. The third kappa shape index (κ3) is 4.36. The molecule has 2 atom stereocenters. The van der Waals surface area contributed by atoms with Crippen molar-refractivity contribution >= 4 is 21.6 Å². The van der Waals surface area contributed by atoms with Crippen molar-refractivity contribution in [3.63, 3.8) is 0 Å². The summed E-state index contributed by atoms with van der Waals surface area (Å²) in [4.78, 5) is 12.6. The second-order valence-electron chi connectivity index (χ2n) is 7.77. The van der Waals surface area contributed by atoms with Gasteiger partial charge in [0.2, 0.25) is 10.0 Å². The van der Waals surface area contributed by atoms with Crippen LogP contribution in [-0.4, -0.2) is 36.8 Å². The van der Waals surface area contributed by atoms with Gasteiger partial charge in [-0.2, -0.15) is 4.31 Å². The van der Waals surface area contributed by atoms with E-state index >= 15 is 0 Å². The van der Waals surface area contributed by atoms with Gasteiger partial charge in [0.15, 0.2) is 0 Å². The maximum absolute atomic E-state index is 12.9. The van der Waals surface area contributed by atoms with Crippen LogP contribution in [0.3, 0.4) is 0 Å². The van der Waals surface area contributed by atoms with Gasteiger partial charge in [-0.25, -0.2) is 8.42 Å². The summed E-state index contributed by atoms with van der Waals surface area (Å²) in [5.41, 5.74) is 1.51. The first-order chi connectivity index (χ1) is 13.2. The number of phenols is 1. The molecule has 150 valence electrons. The third-order valence-corrected chi connectivity index (χ3v) is 6.84. The number of benzene rings is 2. The largest absolute Gasteiger partial charge is 0.506 e. The Hall–Kier alpha value is -2.38. The Labute approximate surface area is 166 Å². The van der Waals surface area contributed by atoms with Crippen LogP contribution in [0.2, 0.25) is 0 Å². The number of carbonyl (C=O) groups excluding carboxylic acids is 1. The van der Waals surface area contributed by atoms with E-state index in [0.717, 1.165) is 12.0 Å². The molecule has 0 spiro atoms. The Morgan fingerprint density at radius 2 is 1.68 bits per heavy atom. The molecule has 0 aromatic heterocycles. The lowest BCUT2D eigenvalue weighted by atomic mass is 9.94. The summed E-state index contributed by atoms with van der Waals surface area (Å²) in [6.45, 7) is 7.00. The van der Waals surface area contributed by atoms with Crippen molar-refractivity contribution < 1.29 is 18.3 Å². The van der Waals surface area contributed by atoms with Gasteiger partial charge >= 0.3 is 0 Å². The summed E-state index contributed by atoms with van der Waals surface area (Å²) in [5.74, 6) is 0.223. The summed E-state index contributed by atoms with van der Waals surface area (Å²) in [6.07, 6.45) is 1.02. The highest BCUT2D eigenvalue weighted by atomic mass is 32.2. The van der Waals surface area contributed by atoms with E-state index in [9.17, 15) is 18.3 Å². The van der Waals surface area contributed by atoms with Crippen molar-refractivity contribution in [3.05, 3.63) is 53.6 Å². The summed E-state index contributed by atoms with van der Waals surface area (Å²) in [7, 11) is -3.58. The molecule has 0 bridgehead atoms. The van der Waals surface area contributed by atoms with E-state index in [2.05, 4.69) is 19.2 Å². The zero-order valence-electron chi connectivity index (χ0n) is 16.3. The van der Waals surface area contributed by atoms with E-state index in [-0.39, 0.29) is 10.6 Å². The van der Waals surface area contributed by atoms with Crippen LogP contribution in [0.4, 0.5) is 5.69 Å². The van der Waals surface area contributed by atoms with Gasteiger partial charge in [-0.15, -0.1) is 0 Å². The van der Waals surface area contributed by atoms with Crippen LogP contribution in [0.5, 0.6) is 5.75 Å². The molecule has 2 aromatic carbocycles. The van der Waals surface area contributed by atoms with Crippen LogP contribution >= 0.6 is 0 Å². The molecule has 1 fully saturated rings. The molecule has 0 aliphatic carbocycles. The first-order valence-corrected chi connectivity index (χ1v) is 10.8. The van der Waals surface area contributed by atoms with Gasteiger partial charge < -0.3 is 10.4 Å². The lowest BCUT2D eigenvalue weighted by molar-refractivity contribution is 0.102. The molecule has 2 aromatic rings. The molecule has 1 aliphatic rings. The first-order valence-electron chi connectivity index (χ1n) is 9.38. The smallest absolute Gasteiger partial charge is 0.255 e. The minimum Gasteiger partial charge on any atom is -0.506 e. The molecule has 0 unspecified atom stereocenters. The highest BCUT2D eigenvalue weighted by Gasteiger charge is 2.31. The second-order valence-corrected chi connectivity index (χ2v) is 9.71. The Morgan fingerprint density at radius 3 is 2.25 bits per heavy atom. The van der Waals surface area contributed by atoms with Gasteiger partial charge in [-0.1, -0.05) is 19.9 Å². The zero-order chi connectivity index (χ0) is 20.5. The van der Waals surface area contributed by atoms with Gasteiger partial charge in [-0.05, 0) is 67.1 Å². The highest BCUT2D eigenvalue weighted by Crippen LogP contribution is 2.27. The molecule has 0 saturated carbocycles. The Balaban J connectivity index is 1.76. The highest BCUT2D eigenvalue weighted by molar-refractivity contribution is 7.89. The molecule has 3 rings (SSSR count). The quantitative estimate of drug-likeness (QED) is 0.765. The van der Waals surface area contributed by atoms with Gasteiger partial charge in [-0.3, -0.25) is 4.79 Å². The van der Waals surface area contributed by atoms with E-state index in [4.69, 9.17) is 0 Å². The lowest BCUT2D eigenvalue weighted by Gasteiger charge is -2.34. The lowest BCUT2D eigenvalue weighted by Crippen LogP contribution is -2.42. The van der Waals surface area contributed by atoms with Crippen LogP contribution in [-0.2, 0) is 10.0 Å². The minimum atomic E-state index is -3.58. The number of nitrogens with one attached hydrogen (secondary N) is 1. The zero-order valence-corrected chi connectivity index (χ0v) is 17.2. The monoisotopic (exact) mass is 402 g/mol. The average Bonchev–Trinajstić information content (AvgIpc) is 2.63. The van der Waals surface area contributed by atoms with Crippen LogP contribution in [0.25, 0.3) is 0 Å². The molecule has 28 heavy (non-hydrogen) atoms. The molecular weight excluding hydrogens is 376 g/mol. The topological polar surface area (TPSA) is 86.7 Å². The van der Waals surface area contributed by atoms with E-state index in [1.165, 1.54) is 28.6 Å². The Kier molecular flexibility index (Phi) is 5.76. The van der Waals surface area contributed by atoms with Gasteiger partial charge in [0.25, 0.3) is 5.91 Å². The number of sulfonamides is 1. The summed E-state index contributed by atoms with van der Waals surface area (Å²) in [5, 5.41) is 12.6. The van der Waals surface area contributed by atoms with Gasteiger partial charge in [0.1, 0.15) is 5.75 Å². The van der Waals surface area contributed by atoms with Crippen molar-refractivity contribution in [2.24, 2.45) is 11.8 Å². The number of piperidine rings is 1. The standard InChI is InChI=1S/C21H26N2O4S/c1-14-4-9-19(20(24)11-14)22-21(25)17-5-7-18(8-6-17)28(26,27)23-12-15(2)10-16(3)13-23/h4-9,11,15-16,24H,10,12-13H2,1-3H3,(H,22,25)/t15-,16-/m1/s1. The van der Waals surface area contributed by atoms with E-state index in [0.29, 0.717) is 36.2 Å². The molecule has 1 amide bonds. The van der Waals surface area contributed by atoms with E-state index in [1.807, 2.05) is 6.92 Å². The molecular formula is C21H26N2O4S. The number of rotatable bonds is 4. The maximum Gasteiger partial charge on any atom is 0.255 e. The van der Waals surface area contributed by atoms with Crippen LogP contribution in [0.1, 0.15) is 36.2 Å². The number of carbonyl (C=O) groups is 1. The SMILES string of the molecule is Cc1ccc(NC(=O)c2ccc(S(=O)(=O)N3C[C@H](C)C[C@@H](C)C3)cc2)c(O)c1. The molecule has 0 radical (unpaired) electrons. The van der Waals surface area contributed by atoms with Crippen LogP contribution < -0.4 is 5.32 Å². The van der Waals surface area contributed by atoms with Crippen molar-refractivity contribution in [2.45, 2.75) is 32.1 Å². The summed E-state index contributed by atoms with van der Waals surface area (Å²) < 4.78 is 27.4. The number of hydrogen-bond donors (Lipinski definition) is 2. The number of aryl methyl sites for hydroxylation is 1. The normalized spacial score (nSPS) is 20.7. The fraction of sp³-hybridized carbons (Fsp3) is 0.381. The molecule has 1 saturated heterocycles. The van der Waals surface area contributed by atoms with E-state index in [1.54, 1.807) is 18.2 Å². The summed E-state index contributed by atoms with van der Waals surface area (Å²) >= 11 is 0. The van der Waals surface area contributed by atoms with Gasteiger partial charge in [0, 0.05) is 18.7 Å². The summed E-state index contributed by atoms with van der Waals surface area (Å²) in [6, 6.07) is 10.9. The molecule has 6 nitrogen and oxygen atoms in total. The Bertz CT molecular complexity index is 960. The molecule has 1 aliphatic heterocycles. The second kappa shape index (κ2) is 7.93. The maximum atomic E-state index is 12.9. The van der Waals surface area contributed by atoms with Crippen molar-refractivity contribution in [2.75, 3.05) is 18.4 Å². The number of amides is 1. The third-order valence-electron chi connectivity index (χ3n) is 4.99. The fourth-order valence-electron chi connectivity index (χ4n) is 3.67. The number of phenolic OH excluding ortho intramolecular Hbond substituents is 1. The fourth-order valence-corrected chi connectivity index (χ4v) is 5.35. The van der Waals surface area contributed by atoms with Crippen molar-refractivity contribution in [1.82, 2.24) is 4.31 Å². The van der Waals surface area contributed by atoms with Crippen LogP contribution in [0, 0.1) is 18.8 Å².